The molecule has 1 N–H and O–H groups in total. The Balaban J connectivity index is 1.64. The molecule has 0 amide bonds. The van der Waals surface area contributed by atoms with Crippen LogP contribution in [0.4, 0.5) is 22.7 Å². The van der Waals surface area contributed by atoms with Crippen LogP contribution in [0.3, 0.4) is 0 Å². The van der Waals surface area contributed by atoms with Gasteiger partial charge in [-0.15, -0.1) is 0 Å². The smallest absolute Gasteiger partial charge is 0.207 e. The minimum Gasteiger partial charge on any atom is -0.361 e. The number of hydrogen-bond acceptors (Lipinski definition) is 4. The molecule has 4 rings (SSSR count). The van der Waals surface area contributed by atoms with Gasteiger partial charge in [-0.1, -0.05) is 36.2 Å². The summed E-state index contributed by atoms with van der Waals surface area (Å²) in [6.07, 6.45) is 7.28. The van der Waals surface area contributed by atoms with Crippen molar-refractivity contribution in [3.8, 4) is 6.07 Å². The van der Waals surface area contributed by atoms with Crippen LogP contribution >= 0.6 is 23.2 Å². The second kappa shape index (κ2) is 9.40. The van der Waals surface area contributed by atoms with Gasteiger partial charge in [-0.3, -0.25) is 0 Å². The van der Waals surface area contributed by atoms with Crippen LogP contribution in [0, 0.1) is 17.9 Å². The van der Waals surface area contributed by atoms with E-state index >= 15 is 0 Å². The SMILES string of the molecule is [C-]#[N+]c1cc2c(cc1Cl)N(CC)C(C=CC=C1C(CC)c3cc(Cl)c(C#N)cc3N1CC)N2. The van der Waals surface area contributed by atoms with Crippen molar-refractivity contribution < 1.29 is 0 Å². The van der Waals surface area contributed by atoms with Gasteiger partial charge in [-0.05, 0) is 62.2 Å². The summed E-state index contributed by atoms with van der Waals surface area (Å²) in [5, 5.41) is 13.9. The van der Waals surface area contributed by atoms with E-state index in [1.165, 1.54) is 11.3 Å². The van der Waals surface area contributed by atoms with Crippen LogP contribution in [0.2, 0.25) is 10.0 Å². The Labute approximate surface area is 205 Å². The van der Waals surface area contributed by atoms with Gasteiger partial charge in [-0.25, -0.2) is 4.85 Å². The number of nitrogens with zero attached hydrogens (tertiary/aromatic N) is 4. The summed E-state index contributed by atoms with van der Waals surface area (Å²) >= 11 is 12.6. The Morgan fingerprint density at radius 3 is 2.55 bits per heavy atom. The van der Waals surface area contributed by atoms with Crippen LogP contribution in [0.1, 0.15) is 44.2 Å². The molecule has 0 bridgehead atoms. The average molecular weight is 478 g/mol. The number of fused-ring (bicyclic) bond motifs is 2. The first kappa shape index (κ1) is 23.1. The van der Waals surface area contributed by atoms with E-state index in [4.69, 9.17) is 29.8 Å². The molecular weight excluding hydrogens is 453 g/mol. The summed E-state index contributed by atoms with van der Waals surface area (Å²) in [5.41, 5.74) is 6.32. The van der Waals surface area contributed by atoms with Crippen molar-refractivity contribution >= 4 is 46.0 Å². The summed E-state index contributed by atoms with van der Waals surface area (Å²) in [4.78, 5) is 8.00. The lowest BCUT2D eigenvalue weighted by atomic mass is 9.95. The summed E-state index contributed by atoms with van der Waals surface area (Å²) in [7, 11) is 0. The molecule has 0 fully saturated rings. The molecule has 2 aliphatic rings. The van der Waals surface area contributed by atoms with Gasteiger partial charge in [-0.2, -0.15) is 5.26 Å². The maximum Gasteiger partial charge on any atom is 0.207 e. The maximum atomic E-state index is 9.42. The number of rotatable bonds is 5. The van der Waals surface area contributed by atoms with E-state index in [1.807, 2.05) is 24.3 Å². The Morgan fingerprint density at radius 2 is 1.91 bits per heavy atom. The zero-order chi connectivity index (χ0) is 23.7. The van der Waals surface area contributed by atoms with Gasteiger partial charge < -0.3 is 15.1 Å². The zero-order valence-corrected chi connectivity index (χ0v) is 20.4. The lowest BCUT2D eigenvalue weighted by Gasteiger charge is -2.23. The van der Waals surface area contributed by atoms with Crippen LogP contribution in [0.5, 0.6) is 0 Å². The van der Waals surface area contributed by atoms with Gasteiger partial charge >= 0.3 is 0 Å². The highest BCUT2D eigenvalue weighted by Gasteiger charge is 2.33. The van der Waals surface area contributed by atoms with Crippen molar-refractivity contribution in [1.82, 2.24) is 0 Å². The molecule has 0 saturated carbocycles. The molecule has 168 valence electrons. The number of anilines is 3. The van der Waals surface area contributed by atoms with Crippen LogP contribution in [-0.4, -0.2) is 19.3 Å². The molecule has 0 aliphatic carbocycles. The van der Waals surface area contributed by atoms with E-state index in [-0.39, 0.29) is 12.1 Å². The summed E-state index contributed by atoms with van der Waals surface area (Å²) in [6.45, 7) is 15.3. The molecule has 0 saturated heterocycles. The average Bonchev–Trinajstić information content (AvgIpc) is 3.30. The lowest BCUT2D eigenvalue weighted by Crippen LogP contribution is -2.33. The molecule has 5 nitrogen and oxygen atoms in total. The molecule has 2 atom stereocenters. The topological polar surface area (TPSA) is 46.7 Å². The molecule has 2 unspecified atom stereocenters. The minimum atomic E-state index is -0.0301. The van der Waals surface area contributed by atoms with Crippen molar-refractivity contribution in [3.63, 3.8) is 0 Å². The zero-order valence-electron chi connectivity index (χ0n) is 18.9. The van der Waals surface area contributed by atoms with E-state index in [2.05, 4.69) is 65.0 Å². The standard InChI is InChI=1S/C26H25Cl2N5/c1-5-17-18-12-19(27)16(15-29)11-24(18)32(6-2)23(17)9-8-10-26-31-22-14-21(30-4)20(28)13-25(22)33(26)7-3/h8-14,17,26,31H,5-7H2,1-3H3. The Morgan fingerprint density at radius 1 is 1.12 bits per heavy atom. The molecular formula is C26H25Cl2N5. The number of likely N-dealkylation sites (N-methyl/N-ethyl adjacent to an activating group) is 2. The third-order valence-corrected chi connectivity index (χ3v) is 6.95. The first-order valence-electron chi connectivity index (χ1n) is 11.1. The minimum absolute atomic E-state index is 0.0301. The summed E-state index contributed by atoms with van der Waals surface area (Å²) < 4.78 is 0. The van der Waals surface area contributed by atoms with Crippen molar-refractivity contribution in [3.05, 3.63) is 80.8 Å². The molecule has 0 spiro atoms. The number of allylic oxidation sites excluding steroid dienone is 3. The second-order valence-electron chi connectivity index (χ2n) is 7.99. The van der Waals surface area contributed by atoms with E-state index in [9.17, 15) is 5.26 Å². The first-order chi connectivity index (χ1) is 16.0. The summed E-state index contributed by atoms with van der Waals surface area (Å²) in [6, 6.07) is 9.73. The largest absolute Gasteiger partial charge is 0.361 e. The number of nitriles is 1. The van der Waals surface area contributed by atoms with Crippen molar-refractivity contribution in [2.45, 2.75) is 39.3 Å². The van der Waals surface area contributed by atoms with Gasteiger partial charge in [0.25, 0.3) is 0 Å². The van der Waals surface area contributed by atoms with E-state index < -0.39 is 0 Å². The fraction of sp³-hybridized carbons (Fsp3) is 0.308. The molecule has 33 heavy (non-hydrogen) atoms. The maximum absolute atomic E-state index is 9.42. The van der Waals surface area contributed by atoms with Crippen molar-refractivity contribution in [2.75, 3.05) is 28.2 Å². The predicted octanol–water partition coefficient (Wildman–Crippen LogP) is 7.47. The van der Waals surface area contributed by atoms with Crippen LogP contribution < -0.4 is 15.1 Å². The third-order valence-electron chi connectivity index (χ3n) is 6.33. The number of halogens is 2. The monoisotopic (exact) mass is 477 g/mol. The van der Waals surface area contributed by atoms with Gasteiger partial charge in [0.05, 0.1) is 22.8 Å². The quantitative estimate of drug-likeness (QED) is 0.453. The normalized spacial score (nSPS) is 20.0. The van der Waals surface area contributed by atoms with E-state index in [1.54, 1.807) is 0 Å². The van der Waals surface area contributed by atoms with Gasteiger partial charge in [0.1, 0.15) is 12.2 Å². The molecule has 2 aromatic rings. The highest BCUT2D eigenvalue weighted by molar-refractivity contribution is 6.34. The van der Waals surface area contributed by atoms with Gasteiger partial charge in [0, 0.05) is 41.1 Å². The molecule has 2 heterocycles. The fourth-order valence-electron chi connectivity index (χ4n) is 4.81. The van der Waals surface area contributed by atoms with Crippen molar-refractivity contribution in [2.24, 2.45) is 0 Å². The number of hydrogen-bond donors (Lipinski definition) is 1. The molecule has 2 aliphatic heterocycles. The Bertz CT molecular complexity index is 1230. The fourth-order valence-corrected chi connectivity index (χ4v) is 5.22. The van der Waals surface area contributed by atoms with Crippen LogP contribution in [-0.2, 0) is 0 Å². The van der Waals surface area contributed by atoms with E-state index in [0.717, 1.165) is 36.6 Å². The summed E-state index contributed by atoms with van der Waals surface area (Å²) in [5.74, 6) is 0.228. The Kier molecular flexibility index (Phi) is 6.56. The molecule has 0 aromatic heterocycles. The van der Waals surface area contributed by atoms with E-state index in [0.29, 0.717) is 21.3 Å². The van der Waals surface area contributed by atoms with Crippen molar-refractivity contribution in [1.29, 1.82) is 5.26 Å². The lowest BCUT2D eigenvalue weighted by molar-refractivity contribution is 0.761. The first-order valence-corrected chi connectivity index (χ1v) is 11.9. The van der Waals surface area contributed by atoms with Gasteiger partial charge in [0.2, 0.25) is 5.69 Å². The third kappa shape index (κ3) is 3.93. The van der Waals surface area contributed by atoms with Crippen LogP contribution in [0.15, 0.2) is 48.2 Å². The Hall–Kier alpha value is -3.12. The number of nitrogens with one attached hydrogen (secondary N) is 1. The van der Waals surface area contributed by atoms with Gasteiger partial charge in [0.15, 0.2) is 0 Å². The molecule has 0 radical (unpaired) electrons. The molecule has 2 aromatic carbocycles. The second-order valence-corrected chi connectivity index (χ2v) is 8.81. The highest BCUT2D eigenvalue weighted by atomic mass is 35.5. The predicted molar refractivity (Wildman–Crippen MR) is 138 cm³/mol. The highest BCUT2D eigenvalue weighted by Crippen LogP contribution is 2.47. The van der Waals surface area contributed by atoms with Crippen LogP contribution in [0.25, 0.3) is 4.85 Å². The molecule has 7 heteroatoms. The number of benzene rings is 2.